The lowest BCUT2D eigenvalue weighted by atomic mass is 10.1. The largest absolute Gasteiger partial charge is 0.315 e. The Balaban J connectivity index is 1.72. The molecule has 0 spiro atoms. The van der Waals surface area contributed by atoms with Crippen molar-refractivity contribution < 1.29 is 8.42 Å². The predicted octanol–water partition coefficient (Wildman–Crippen LogP) is 2.30. The molecule has 0 amide bonds. The minimum atomic E-state index is -3.43. The Morgan fingerprint density at radius 2 is 2.00 bits per heavy atom. The first kappa shape index (κ1) is 14.7. The van der Waals surface area contributed by atoms with Crippen molar-refractivity contribution in [3.05, 3.63) is 52.2 Å². The summed E-state index contributed by atoms with van der Waals surface area (Å²) in [5, 5.41) is 4.83. The summed E-state index contributed by atoms with van der Waals surface area (Å²) in [7, 11) is -1.61. The SMILES string of the molecule is CNCc1sccc1S(=O)(=O)NC1CC1c1ccccc1. The molecule has 0 bridgehead atoms. The van der Waals surface area contributed by atoms with Crippen LogP contribution in [0.15, 0.2) is 46.7 Å². The first-order valence-corrected chi connectivity index (χ1v) is 9.26. The molecule has 1 aliphatic carbocycles. The highest BCUT2D eigenvalue weighted by Crippen LogP contribution is 2.41. The van der Waals surface area contributed by atoms with Crippen LogP contribution in [0.25, 0.3) is 0 Å². The van der Waals surface area contributed by atoms with Crippen molar-refractivity contribution in [2.24, 2.45) is 0 Å². The van der Waals surface area contributed by atoms with E-state index in [4.69, 9.17) is 0 Å². The number of hydrogen-bond donors (Lipinski definition) is 2. The topological polar surface area (TPSA) is 58.2 Å². The van der Waals surface area contributed by atoms with Gasteiger partial charge in [0.1, 0.15) is 0 Å². The maximum absolute atomic E-state index is 12.5. The zero-order valence-electron chi connectivity index (χ0n) is 11.7. The summed E-state index contributed by atoms with van der Waals surface area (Å²) in [5.41, 5.74) is 1.20. The molecule has 0 aliphatic heterocycles. The highest BCUT2D eigenvalue weighted by molar-refractivity contribution is 7.89. The fourth-order valence-electron chi connectivity index (χ4n) is 2.51. The van der Waals surface area contributed by atoms with Crippen LogP contribution in [-0.2, 0) is 16.6 Å². The minimum Gasteiger partial charge on any atom is -0.315 e. The summed E-state index contributed by atoms with van der Waals surface area (Å²) in [5.74, 6) is 0.298. The number of nitrogens with one attached hydrogen (secondary N) is 2. The summed E-state index contributed by atoms with van der Waals surface area (Å²) < 4.78 is 27.8. The summed E-state index contributed by atoms with van der Waals surface area (Å²) in [4.78, 5) is 1.25. The van der Waals surface area contributed by atoms with E-state index in [0.29, 0.717) is 17.4 Å². The van der Waals surface area contributed by atoms with Gasteiger partial charge in [0, 0.05) is 23.4 Å². The summed E-state index contributed by atoms with van der Waals surface area (Å²) >= 11 is 1.46. The molecule has 2 N–H and O–H groups in total. The van der Waals surface area contributed by atoms with Gasteiger partial charge in [-0.25, -0.2) is 13.1 Å². The molecule has 3 rings (SSSR count). The highest BCUT2D eigenvalue weighted by atomic mass is 32.2. The molecule has 0 saturated heterocycles. The van der Waals surface area contributed by atoms with E-state index in [2.05, 4.69) is 22.2 Å². The van der Waals surface area contributed by atoms with Gasteiger partial charge in [0.2, 0.25) is 10.0 Å². The fourth-order valence-corrected chi connectivity index (χ4v) is 5.26. The van der Waals surface area contributed by atoms with Crippen molar-refractivity contribution in [3.63, 3.8) is 0 Å². The molecule has 1 heterocycles. The van der Waals surface area contributed by atoms with Crippen molar-refractivity contribution in [2.75, 3.05) is 7.05 Å². The molecule has 1 aromatic heterocycles. The third-order valence-electron chi connectivity index (χ3n) is 3.66. The van der Waals surface area contributed by atoms with E-state index in [9.17, 15) is 8.42 Å². The van der Waals surface area contributed by atoms with E-state index in [0.717, 1.165) is 11.3 Å². The lowest BCUT2D eigenvalue weighted by molar-refractivity contribution is 0.579. The molecule has 21 heavy (non-hydrogen) atoms. The molecule has 1 fully saturated rings. The summed E-state index contributed by atoms with van der Waals surface area (Å²) in [6.45, 7) is 0.570. The fraction of sp³-hybridized carbons (Fsp3) is 0.333. The maximum Gasteiger partial charge on any atom is 0.241 e. The maximum atomic E-state index is 12.5. The molecular formula is C15H18N2O2S2. The Hall–Kier alpha value is -1.21. The lowest BCUT2D eigenvalue weighted by Gasteiger charge is -2.07. The Bertz CT molecular complexity index is 710. The second-order valence-corrected chi connectivity index (χ2v) is 7.90. The second kappa shape index (κ2) is 5.88. The minimum absolute atomic E-state index is 0.0136. The van der Waals surface area contributed by atoms with Gasteiger partial charge in [-0.3, -0.25) is 0 Å². The number of thiophene rings is 1. The van der Waals surface area contributed by atoms with Gasteiger partial charge in [-0.1, -0.05) is 30.3 Å². The van der Waals surface area contributed by atoms with E-state index in [1.165, 1.54) is 16.9 Å². The van der Waals surface area contributed by atoms with Gasteiger partial charge >= 0.3 is 0 Å². The van der Waals surface area contributed by atoms with Crippen LogP contribution in [0.1, 0.15) is 22.8 Å². The predicted molar refractivity (Wildman–Crippen MR) is 85.0 cm³/mol. The van der Waals surface area contributed by atoms with Crippen molar-refractivity contribution in [2.45, 2.75) is 29.8 Å². The average Bonchev–Trinajstić information content (AvgIpc) is 3.05. The van der Waals surface area contributed by atoms with Crippen LogP contribution in [0.2, 0.25) is 0 Å². The van der Waals surface area contributed by atoms with Crippen LogP contribution in [-0.4, -0.2) is 21.5 Å². The zero-order valence-corrected chi connectivity index (χ0v) is 13.4. The van der Waals surface area contributed by atoms with Gasteiger partial charge in [-0.15, -0.1) is 11.3 Å². The number of sulfonamides is 1. The molecule has 2 aromatic rings. The van der Waals surface area contributed by atoms with Crippen LogP contribution in [0, 0.1) is 0 Å². The Morgan fingerprint density at radius 3 is 2.71 bits per heavy atom. The molecule has 1 aromatic carbocycles. The summed E-state index contributed by atoms with van der Waals surface area (Å²) in [6, 6.07) is 11.7. The average molecular weight is 322 g/mol. The van der Waals surface area contributed by atoms with Crippen molar-refractivity contribution in [1.29, 1.82) is 0 Å². The molecule has 0 radical (unpaired) electrons. The molecule has 112 valence electrons. The first-order chi connectivity index (χ1) is 10.1. The molecule has 6 heteroatoms. The lowest BCUT2D eigenvalue weighted by Crippen LogP contribution is -2.27. The van der Waals surface area contributed by atoms with Crippen LogP contribution in [0.5, 0.6) is 0 Å². The summed E-state index contributed by atoms with van der Waals surface area (Å²) in [6.07, 6.45) is 0.870. The van der Waals surface area contributed by atoms with E-state index < -0.39 is 10.0 Å². The van der Waals surface area contributed by atoms with E-state index in [1.54, 1.807) is 6.07 Å². The third kappa shape index (κ3) is 3.18. The van der Waals surface area contributed by atoms with Crippen molar-refractivity contribution >= 4 is 21.4 Å². The van der Waals surface area contributed by atoms with Gasteiger partial charge in [-0.05, 0) is 30.5 Å². The standard InChI is InChI=1S/C15H18N2O2S2/c1-16-10-14-15(7-8-20-14)21(18,19)17-13-9-12(13)11-5-3-2-4-6-11/h2-8,12-13,16-17H,9-10H2,1H3. The van der Waals surface area contributed by atoms with Crippen LogP contribution < -0.4 is 10.0 Å². The Labute approximate surface area is 129 Å². The number of rotatable bonds is 6. The zero-order chi connectivity index (χ0) is 14.9. The molecule has 2 unspecified atom stereocenters. The van der Waals surface area contributed by atoms with Crippen LogP contribution >= 0.6 is 11.3 Å². The first-order valence-electron chi connectivity index (χ1n) is 6.90. The number of hydrogen-bond acceptors (Lipinski definition) is 4. The van der Waals surface area contributed by atoms with Gasteiger partial charge in [0.15, 0.2) is 0 Å². The quantitative estimate of drug-likeness (QED) is 0.858. The normalized spacial score (nSPS) is 21.4. The molecule has 1 aliphatic rings. The van der Waals surface area contributed by atoms with Gasteiger partial charge in [0.25, 0.3) is 0 Å². The van der Waals surface area contributed by atoms with Crippen LogP contribution in [0.4, 0.5) is 0 Å². The van der Waals surface area contributed by atoms with Gasteiger partial charge < -0.3 is 5.32 Å². The van der Waals surface area contributed by atoms with Crippen molar-refractivity contribution in [3.8, 4) is 0 Å². The second-order valence-electron chi connectivity index (χ2n) is 5.22. The van der Waals surface area contributed by atoms with E-state index >= 15 is 0 Å². The highest BCUT2D eigenvalue weighted by Gasteiger charge is 2.41. The van der Waals surface area contributed by atoms with Gasteiger partial charge in [-0.2, -0.15) is 0 Å². The van der Waals surface area contributed by atoms with E-state index in [-0.39, 0.29) is 6.04 Å². The van der Waals surface area contributed by atoms with Crippen LogP contribution in [0.3, 0.4) is 0 Å². The van der Waals surface area contributed by atoms with E-state index in [1.807, 2.05) is 30.6 Å². The van der Waals surface area contributed by atoms with Gasteiger partial charge in [0.05, 0.1) is 4.90 Å². The Kier molecular flexibility index (Phi) is 4.12. The molecule has 1 saturated carbocycles. The molecule has 2 atom stereocenters. The molecular weight excluding hydrogens is 304 g/mol. The number of benzene rings is 1. The third-order valence-corrected chi connectivity index (χ3v) is 6.28. The Morgan fingerprint density at radius 1 is 1.24 bits per heavy atom. The monoisotopic (exact) mass is 322 g/mol. The smallest absolute Gasteiger partial charge is 0.241 e. The molecule has 4 nitrogen and oxygen atoms in total. The van der Waals surface area contributed by atoms with Crippen molar-refractivity contribution in [1.82, 2.24) is 10.0 Å².